The second kappa shape index (κ2) is 6.09. The van der Waals surface area contributed by atoms with Gasteiger partial charge in [-0.15, -0.1) is 0 Å². The molecule has 0 amide bonds. The van der Waals surface area contributed by atoms with E-state index < -0.39 is 10.0 Å². The summed E-state index contributed by atoms with van der Waals surface area (Å²) in [5, 5.41) is 7.85. The highest BCUT2D eigenvalue weighted by Gasteiger charge is 2.40. The molecule has 1 aliphatic heterocycles. The molecule has 2 aromatic rings. The highest BCUT2D eigenvalue weighted by Crippen LogP contribution is 2.37. The molecule has 126 valence electrons. The van der Waals surface area contributed by atoms with Gasteiger partial charge in [-0.25, -0.2) is 8.42 Å². The Morgan fingerprint density at radius 3 is 2.74 bits per heavy atom. The van der Waals surface area contributed by atoms with Crippen LogP contribution in [0.1, 0.15) is 55.1 Å². The molecule has 3 heterocycles. The number of sulfonamides is 1. The molecule has 1 atom stereocenters. The SMILES string of the molecule is CCCc1cc(C2CCCN2S(=O)(=O)c2c(C)noc2C)no1. The summed E-state index contributed by atoms with van der Waals surface area (Å²) in [5.74, 6) is 1.11. The van der Waals surface area contributed by atoms with E-state index in [1.54, 1.807) is 13.8 Å². The largest absolute Gasteiger partial charge is 0.361 e. The summed E-state index contributed by atoms with van der Waals surface area (Å²) in [5.41, 5.74) is 1.07. The second-order valence-electron chi connectivity index (χ2n) is 5.90. The fourth-order valence-corrected chi connectivity index (χ4v) is 5.10. The molecule has 1 saturated heterocycles. The molecule has 1 fully saturated rings. The van der Waals surface area contributed by atoms with Gasteiger partial charge >= 0.3 is 0 Å². The third kappa shape index (κ3) is 2.81. The Morgan fingerprint density at radius 2 is 2.09 bits per heavy atom. The van der Waals surface area contributed by atoms with Gasteiger partial charge < -0.3 is 9.05 Å². The van der Waals surface area contributed by atoms with Crippen LogP contribution in [0.3, 0.4) is 0 Å². The first-order valence-electron chi connectivity index (χ1n) is 7.85. The number of aryl methyl sites for hydroxylation is 3. The Bertz CT molecular complexity index is 774. The summed E-state index contributed by atoms with van der Waals surface area (Å²) in [6.07, 6.45) is 3.29. The van der Waals surface area contributed by atoms with Crippen LogP contribution in [0, 0.1) is 13.8 Å². The minimum absolute atomic E-state index is 0.168. The molecule has 0 aromatic carbocycles. The molecule has 0 radical (unpaired) electrons. The van der Waals surface area contributed by atoms with Gasteiger partial charge in [0.15, 0.2) is 5.76 Å². The summed E-state index contributed by atoms with van der Waals surface area (Å²) in [4.78, 5) is 0.168. The van der Waals surface area contributed by atoms with Crippen molar-refractivity contribution in [3.8, 4) is 0 Å². The molecular formula is C15H21N3O4S. The van der Waals surface area contributed by atoms with Crippen LogP contribution in [0.15, 0.2) is 20.0 Å². The third-order valence-electron chi connectivity index (χ3n) is 4.15. The van der Waals surface area contributed by atoms with Crippen LogP contribution in [-0.2, 0) is 16.4 Å². The van der Waals surface area contributed by atoms with Gasteiger partial charge in [0.1, 0.15) is 22.0 Å². The van der Waals surface area contributed by atoms with Crippen molar-refractivity contribution in [3.63, 3.8) is 0 Å². The maximum Gasteiger partial charge on any atom is 0.249 e. The average Bonchev–Trinajstić information content (AvgIpc) is 3.19. The summed E-state index contributed by atoms with van der Waals surface area (Å²) < 4.78 is 37.9. The Morgan fingerprint density at radius 1 is 1.30 bits per heavy atom. The Balaban J connectivity index is 1.94. The molecule has 0 saturated carbocycles. The van der Waals surface area contributed by atoms with Gasteiger partial charge in [0.2, 0.25) is 10.0 Å². The van der Waals surface area contributed by atoms with E-state index in [4.69, 9.17) is 9.05 Å². The van der Waals surface area contributed by atoms with E-state index in [1.165, 1.54) is 4.31 Å². The van der Waals surface area contributed by atoms with E-state index in [9.17, 15) is 8.42 Å². The van der Waals surface area contributed by atoms with Gasteiger partial charge in [-0.2, -0.15) is 4.31 Å². The van der Waals surface area contributed by atoms with E-state index in [0.717, 1.165) is 31.4 Å². The zero-order chi connectivity index (χ0) is 16.6. The monoisotopic (exact) mass is 339 g/mol. The molecule has 1 aliphatic rings. The van der Waals surface area contributed by atoms with E-state index in [-0.39, 0.29) is 10.9 Å². The first-order chi connectivity index (χ1) is 10.9. The molecule has 0 N–H and O–H groups in total. The van der Waals surface area contributed by atoms with Crippen molar-refractivity contribution in [3.05, 3.63) is 29.0 Å². The quantitative estimate of drug-likeness (QED) is 0.832. The normalized spacial score (nSPS) is 19.5. The molecular weight excluding hydrogens is 318 g/mol. The Kier molecular flexibility index (Phi) is 4.29. The zero-order valence-electron chi connectivity index (χ0n) is 13.6. The first-order valence-corrected chi connectivity index (χ1v) is 9.29. The van der Waals surface area contributed by atoms with Crippen molar-refractivity contribution >= 4 is 10.0 Å². The standard InChI is InChI=1S/C15H21N3O4S/c1-4-6-12-9-13(17-22-12)14-7-5-8-18(14)23(19,20)15-10(2)16-21-11(15)3/h9,14H,4-8H2,1-3H3. The van der Waals surface area contributed by atoms with Crippen LogP contribution in [0.2, 0.25) is 0 Å². The van der Waals surface area contributed by atoms with Crippen molar-refractivity contribution in [2.75, 3.05) is 6.54 Å². The van der Waals surface area contributed by atoms with Crippen LogP contribution in [0.4, 0.5) is 0 Å². The number of aromatic nitrogens is 2. The lowest BCUT2D eigenvalue weighted by molar-refractivity contribution is 0.343. The molecule has 3 rings (SSSR count). The van der Waals surface area contributed by atoms with Crippen LogP contribution in [0.25, 0.3) is 0 Å². The second-order valence-corrected chi connectivity index (χ2v) is 7.72. The number of rotatable bonds is 5. The lowest BCUT2D eigenvalue weighted by Gasteiger charge is -2.22. The maximum absolute atomic E-state index is 13.0. The highest BCUT2D eigenvalue weighted by molar-refractivity contribution is 7.89. The predicted octanol–water partition coefficient (Wildman–Crippen LogP) is 2.76. The van der Waals surface area contributed by atoms with Gasteiger partial charge in [-0.1, -0.05) is 17.2 Å². The van der Waals surface area contributed by atoms with Gasteiger partial charge in [-0.3, -0.25) is 0 Å². The van der Waals surface area contributed by atoms with Crippen LogP contribution in [-0.4, -0.2) is 29.6 Å². The highest BCUT2D eigenvalue weighted by atomic mass is 32.2. The minimum atomic E-state index is -3.66. The first kappa shape index (κ1) is 16.2. The predicted molar refractivity (Wildman–Crippen MR) is 82.3 cm³/mol. The van der Waals surface area contributed by atoms with Crippen molar-refractivity contribution in [1.82, 2.24) is 14.6 Å². The van der Waals surface area contributed by atoms with Crippen molar-refractivity contribution in [2.45, 2.75) is 57.4 Å². The summed E-state index contributed by atoms with van der Waals surface area (Å²) in [6.45, 7) is 5.79. The molecule has 8 heteroatoms. The molecule has 7 nitrogen and oxygen atoms in total. The Hall–Kier alpha value is -1.67. The lowest BCUT2D eigenvalue weighted by atomic mass is 10.1. The fraction of sp³-hybridized carbons (Fsp3) is 0.600. The van der Waals surface area contributed by atoms with Gasteiger partial charge in [-0.05, 0) is 33.1 Å². The topological polar surface area (TPSA) is 89.4 Å². The van der Waals surface area contributed by atoms with Gasteiger partial charge in [0, 0.05) is 19.0 Å². The van der Waals surface area contributed by atoms with Crippen LogP contribution >= 0.6 is 0 Å². The van der Waals surface area contributed by atoms with E-state index >= 15 is 0 Å². The molecule has 23 heavy (non-hydrogen) atoms. The maximum atomic E-state index is 13.0. The molecule has 1 unspecified atom stereocenters. The van der Waals surface area contributed by atoms with Crippen molar-refractivity contribution in [1.29, 1.82) is 0 Å². The zero-order valence-corrected chi connectivity index (χ0v) is 14.4. The minimum Gasteiger partial charge on any atom is -0.361 e. The van der Waals surface area contributed by atoms with E-state index in [1.807, 2.05) is 6.07 Å². The molecule has 0 bridgehead atoms. The number of nitrogens with zero attached hydrogens (tertiary/aromatic N) is 3. The van der Waals surface area contributed by atoms with Crippen LogP contribution in [0.5, 0.6) is 0 Å². The van der Waals surface area contributed by atoms with E-state index in [2.05, 4.69) is 17.2 Å². The fourth-order valence-electron chi connectivity index (χ4n) is 3.13. The van der Waals surface area contributed by atoms with Crippen LogP contribution < -0.4 is 0 Å². The summed E-state index contributed by atoms with van der Waals surface area (Å²) in [7, 11) is -3.66. The van der Waals surface area contributed by atoms with Gasteiger partial charge in [0.05, 0.1) is 6.04 Å². The molecule has 2 aromatic heterocycles. The third-order valence-corrected chi connectivity index (χ3v) is 6.31. The average molecular weight is 339 g/mol. The van der Waals surface area contributed by atoms with Crippen molar-refractivity contribution in [2.24, 2.45) is 0 Å². The lowest BCUT2D eigenvalue weighted by Crippen LogP contribution is -2.31. The number of hydrogen-bond donors (Lipinski definition) is 0. The summed E-state index contributed by atoms with van der Waals surface area (Å²) in [6, 6.07) is 1.58. The number of hydrogen-bond acceptors (Lipinski definition) is 6. The molecule has 0 aliphatic carbocycles. The summed E-state index contributed by atoms with van der Waals surface area (Å²) >= 11 is 0. The Labute approximate surface area is 135 Å². The van der Waals surface area contributed by atoms with Crippen molar-refractivity contribution < 1.29 is 17.5 Å². The molecule has 0 spiro atoms. The van der Waals surface area contributed by atoms with Gasteiger partial charge in [0.25, 0.3) is 0 Å². The smallest absolute Gasteiger partial charge is 0.249 e. The van der Waals surface area contributed by atoms with E-state index in [0.29, 0.717) is 23.7 Å².